The van der Waals surface area contributed by atoms with Crippen LogP contribution in [0.15, 0.2) is 243 Å². The van der Waals surface area contributed by atoms with Gasteiger partial charge in [-0.05, 0) is 169 Å². The Morgan fingerprint density at radius 3 is 0.500 bits per heavy atom. The third-order valence-electron chi connectivity index (χ3n) is 11.9. The average Bonchev–Trinajstić information content (AvgIpc) is 3.39. The minimum absolute atomic E-state index is 0. The predicted octanol–water partition coefficient (Wildman–Crippen LogP) is 17.5. The molecule has 7 nitrogen and oxygen atoms in total. The summed E-state index contributed by atoms with van der Waals surface area (Å²) >= 11 is 0. The summed E-state index contributed by atoms with van der Waals surface area (Å²) in [6.07, 6.45) is 0. The topological polar surface area (TPSA) is 182 Å². The van der Waals surface area contributed by atoms with E-state index in [0.717, 1.165) is 50.9 Å². The number of hydrogen-bond acceptors (Lipinski definition) is 7. The molecule has 0 spiro atoms. The number of nitrogen functional groups attached to an aromatic ring is 7. The number of rotatable bonds is 5. The van der Waals surface area contributed by atoms with E-state index in [4.69, 9.17) is 40.1 Å². The first-order valence-corrected chi connectivity index (χ1v) is 23.0. The number of fused-ring (bicyclic) bond motifs is 2. The second kappa shape index (κ2) is 43.7. The fourth-order valence-corrected chi connectivity index (χ4v) is 8.17. The summed E-state index contributed by atoms with van der Waals surface area (Å²) in [6.45, 7) is 2.11. The molecular formula is C69H75N7Y6-6. The van der Waals surface area contributed by atoms with Crippen molar-refractivity contribution in [2.24, 2.45) is 0 Å². The van der Waals surface area contributed by atoms with E-state index in [1.165, 1.54) is 71.6 Å². The van der Waals surface area contributed by atoms with Crippen molar-refractivity contribution in [1.82, 2.24) is 0 Å². The molecule has 82 heavy (non-hydrogen) atoms. The molecule has 11 aromatic rings. The van der Waals surface area contributed by atoms with Crippen molar-refractivity contribution in [2.75, 3.05) is 40.1 Å². The third kappa shape index (κ3) is 24.5. The molecule has 0 aliphatic rings. The van der Waals surface area contributed by atoms with Crippen LogP contribution in [0, 0.1) is 51.5 Å². The number of anilines is 7. The van der Waals surface area contributed by atoms with E-state index in [-0.39, 0.29) is 241 Å². The Bertz CT molecular complexity index is 3170. The zero-order valence-corrected chi connectivity index (χ0v) is 65.6. The molecule has 0 amide bonds. The summed E-state index contributed by atoms with van der Waals surface area (Å²) < 4.78 is 0. The number of benzene rings is 11. The van der Waals surface area contributed by atoms with Crippen molar-refractivity contribution >= 4 is 61.4 Å². The van der Waals surface area contributed by atoms with E-state index < -0.39 is 0 Å². The van der Waals surface area contributed by atoms with E-state index in [1.807, 2.05) is 84.9 Å². The van der Waals surface area contributed by atoms with Crippen molar-refractivity contribution in [2.45, 2.75) is 6.92 Å². The van der Waals surface area contributed by atoms with Gasteiger partial charge in [-0.3, -0.25) is 0 Å². The fourth-order valence-electron chi connectivity index (χ4n) is 8.17. The maximum atomic E-state index is 5.93. The normalized spacial score (nSPS) is 8.94. The largest absolute Gasteiger partial charge is 0.399 e. The summed E-state index contributed by atoms with van der Waals surface area (Å²) in [6, 6.07) is 81.4. The molecule has 0 aromatic heterocycles. The zero-order chi connectivity index (χ0) is 49.0. The van der Waals surface area contributed by atoms with Crippen molar-refractivity contribution < 1.29 is 196 Å². The van der Waals surface area contributed by atoms with Crippen molar-refractivity contribution in [3.63, 3.8) is 0 Å². The average molecular weight is 1540 g/mol. The Balaban J connectivity index is -0.000000328. The monoisotopic (exact) mass is 1540 g/mol. The SMILES string of the molecule is Cc1ccc(-c2ccc(-c3ccc(N)cc3)cc2)cc1.Nc1ccc(-c2c3ccccc3c(-c3ccc(N)cc3)c3ccccc23)cc1.Nc1ccc(-c2ccc(N)cc2)cc1.Nc1ccc(N)cc1.[CH3-].[CH3-].[CH3-].[CH3-].[CH3-].[CH3-].[Y].[Y].[Y].[Y].[Y].[Y]. The maximum Gasteiger partial charge on any atom is 0.0315 e. The van der Waals surface area contributed by atoms with Gasteiger partial charge < -0.3 is 84.7 Å². The second-order valence-electron chi connectivity index (χ2n) is 17.1. The number of hydrogen-bond donors (Lipinski definition) is 7. The smallest absolute Gasteiger partial charge is 0.0315 e. The summed E-state index contributed by atoms with van der Waals surface area (Å²) in [5.74, 6) is 0. The van der Waals surface area contributed by atoms with E-state index >= 15 is 0 Å². The standard InChI is InChI=1S/C26H20N2.C19H17N.C12H12N2.C6H8N2.6CH3.6Y/c27-19-13-9-17(10-14-19)25-21-5-1-2-6-22(21)26(18-11-15-20(28)16-12-18)24-8-4-3-7-23(24)25;1-14-2-4-15(5-3-14)16-6-8-17(9-7-16)18-10-12-19(20)13-11-18;13-11-5-1-9(2-6-11)10-3-7-12(14)8-4-10;7-5-1-2-6(8)4-3-5;;;;;;;;;;;;/h1-16H,27-28H2;2-13H,20H2,1H3;1-8H,13-14H2;1-4H,7-8H2;6*1H3;;;;;;/q;;;;6*-1;;;;;;. The van der Waals surface area contributed by atoms with Gasteiger partial charge in [-0.1, -0.05) is 163 Å². The molecule has 14 N–H and O–H groups in total. The van der Waals surface area contributed by atoms with Gasteiger partial charge in [0.25, 0.3) is 0 Å². The van der Waals surface area contributed by atoms with Crippen LogP contribution in [0.5, 0.6) is 0 Å². The molecule has 13 heteroatoms. The molecular weight excluding hydrogens is 1460 g/mol. The molecule has 0 atom stereocenters. The minimum atomic E-state index is 0. The second-order valence-corrected chi connectivity index (χ2v) is 17.1. The van der Waals surface area contributed by atoms with Gasteiger partial charge in [-0.2, -0.15) is 0 Å². The molecule has 11 aromatic carbocycles. The minimum Gasteiger partial charge on any atom is -0.399 e. The van der Waals surface area contributed by atoms with Crippen LogP contribution in [0.4, 0.5) is 39.8 Å². The van der Waals surface area contributed by atoms with E-state index in [0.29, 0.717) is 0 Å². The van der Waals surface area contributed by atoms with E-state index in [1.54, 1.807) is 24.3 Å². The summed E-state index contributed by atoms with van der Waals surface area (Å²) in [5.41, 5.74) is 58.2. The Morgan fingerprint density at radius 2 is 0.317 bits per heavy atom. The first kappa shape index (κ1) is 87.9. The first-order valence-electron chi connectivity index (χ1n) is 23.0. The molecule has 0 unspecified atom stereocenters. The van der Waals surface area contributed by atoms with Gasteiger partial charge in [-0.15, -0.1) is 0 Å². The molecule has 410 valence electrons. The molecule has 0 bridgehead atoms. The van der Waals surface area contributed by atoms with Crippen LogP contribution in [0.1, 0.15) is 5.56 Å². The Hall–Kier alpha value is -2.84. The van der Waals surface area contributed by atoms with Gasteiger partial charge in [0, 0.05) is 236 Å². The van der Waals surface area contributed by atoms with E-state index in [9.17, 15) is 0 Å². The van der Waals surface area contributed by atoms with Crippen LogP contribution >= 0.6 is 0 Å². The zero-order valence-electron chi connectivity index (χ0n) is 48.6. The molecule has 0 saturated carbocycles. The summed E-state index contributed by atoms with van der Waals surface area (Å²) in [4.78, 5) is 0. The number of aryl methyl sites for hydroxylation is 1. The Kier molecular flexibility index (Phi) is 46.9. The first-order chi connectivity index (χ1) is 34.0. The summed E-state index contributed by atoms with van der Waals surface area (Å²) in [7, 11) is 0. The van der Waals surface area contributed by atoms with Crippen LogP contribution in [0.2, 0.25) is 0 Å². The van der Waals surface area contributed by atoms with Crippen molar-refractivity contribution in [3.8, 4) is 55.6 Å². The van der Waals surface area contributed by atoms with Gasteiger partial charge in [0.05, 0.1) is 0 Å². The molecule has 0 saturated heterocycles. The molecule has 6 radical (unpaired) electrons. The van der Waals surface area contributed by atoms with Crippen LogP contribution < -0.4 is 40.1 Å². The Morgan fingerprint density at radius 1 is 0.183 bits per heavy atom. The van der Waals surface area contributed by atoms with Crippen LogP contribution in [-0.2, 0) is 196 Å². The molecule has 0 aliphatic carbocycles. The Labute approximate surface area is 643 Å². The molecule has 0 aliphatic heterocycles. The molecule has 11 rings (SSSR count). The summed E-state index contributed by atoms with van der Waals surface area (Å²) in [5, 5.41) is 4.94. The van der Waals surface area contributed by atoms with Gasteiger partial charge >= 0.3 is 0 Å². The van der Waals surface area contributed by atoms with Gasteiger partial charge in [0.2, 0.25) is 0 Å². The van der Waals surface area contributed by atoms with Crippen LogP contribution in [0.25, 0.3) is 77.2 Å². The molecule has 0 heterocycles. The fraction of sp³-hybridized carbons (Fsp3) is 0.0145. The van der Waals surface area contributed by atoms with Crippen LogP contribution in [0.3, 0.4) is 0 Å². The quantitative estimate of drug-likeness (QED) is 0.0508. The maximum absolute atomic E-state index is 5.93. The van der Waals surface area contributed by atoms with Gasteiger partial charge in [0.1, 0.15) is 0 Å². The van der Waals surface area contributed by atoms with Gasteiger partial charge in [-0.25, -0.2) is 0 Å². The third-order valence-corrected chi connectivity index (χ3v) is 11.9. The molecule has 0 fully saturated rings. The number of nitrogens with two attached hydrogens (primary N) is 7. The van der Waals surface area contributed by atoms with Crippen molar-refractivity contribution in [1.29, 1.82) is 0 Å². The predicted molar refractivity (Wildman–Crippen MR) is 342 cm³/mol. The van der Waals surface area contributed by atoms with Crippen molar-refractivity contribution in [3.05, 3.63) is 293 Å². The van der Waals surface area contributed by atoms with Crippen LogP contribution in [-0.4, -0.2) is 0 Å². The van der Waals surface area contributed by atoms with E-state index in [2.05, 4.69) is 140 Å². The van der Waals surface area contributed by atoms with Gasteiger partial charge in [0.15, 0.2) is 0 Å².